The monoisotopic (exact) mass is 308 g/mol. The number of amides is 1. The lowest BCUT2D eigenvalue weighted by atomic mass is 9.93. The second kappa shape index (κ2) is 7.28. The molecule has 0 radical (unpaired) electrons. The van der Waals surface area contributed by atoms with Gasteiger partial charge in [0.15, 0.2) is 0 Å². The van der Waals surface area contributed by atoms with Gasteiger partial charge in [0, 0.05) is 24.7 Å². The van der Waals surface area contributed by atoms with Crippen LogP contribution >= 0.6 is 12.4 Å². The molecule has 1 amide bonds. The van der Waals surface area contributed by atoms with Crippen molar-refractivity contribution in [3.8, 4) is 0 Å². The van der Waals surface area contributed by atoms with Gasteiger partial charge in [0.25, 0.3) is 0 Å². The van der Waals surface area contributed by atoms with E-state index in [0.717, 1.165) is 31.6 Å². The van der Waals surface area contributed by atoms with Gasteiger partial charge in [-0.15, -0.1) is 12.4 Å². The Labute approximate surface area is 133 Å². The highest BCUT2D eigenvalue weighted by Gasteiger charge is 2.26. The number of fused-ring (bicyclic) bond motifs is 1. The van der Waals surface area contributed by atoms with Gasteiger partial charge in [0.2, 0.25) is 5.91 Å². The normalized spacial score (nSPS) is 24.3. The molecule has 1 fully saturated rings. The summed E-state index contributed by atoms with van der Waals surface area (Å²) >= 11 is 0. The summed E-state index contributed by atoms with van der Waals surface area (Å²) in [6.07, 6.45) is 5.21. The molecule has 0 aliphatic carbocycles. The highest BCUT2D eigenvalue weighted by molar-refractivity contribution is 5.94. The number of para-hydroxylation sites is 1. The average molecular weight is 309 g/mol. The maximum absolute atomic E-state index is 12.6. The van der Waals surface area contributed by atoms with Gasteiger partial charge >= 0.3 is 0 Å². The van der Waals surface area contributed by atoms with Gasteiger partial charge in [-0.1, -0.05) is 25.1 Å². The Morgan fingerprint density at radius 3 is 2.95 bits per heavy atom. The highest BCUT2D eigenvalue weighted by atomic mass is 35.5. The molecule has 0 aromatic heterocycles. The fraction of sp³-hybridized carbons (Fsp3) is 0.588. The first-order valence-electron chi connectivity index (χ1n) is 7.85. The van der Waals surface area contributed by atoms with Crippen LogP contribution in [0.1, 0.15) is 38.2 Å². The summed E-state index contributed by atoms with van der Waals surface area (Å²) < 4.78 is 0. The number of carbonyl (C=O) groups excluding carboxylic acids is 1. The first-order chi connectivity index (χ1) is 9.74. The van der Waals surface area contributed by atoms with E-state index < -0.39 is 0 Å². The Hall–Kier alpha value is -1.06. The van der Waals surface area contributed by atoms with Gasteiger partial charge in [0.1, 0.15) is 0 Å². The molecule has 0 spiro atoms. The summed E-state index contributed by atoms with van der Waals surface area (Å²) in [4.78, 5) is 14.6. The van der Waals surface area contributed by atoms with Crippen molar-refractivity contribution in [2.24, 2.45) is 5.92 Å². The van der Waals surface area contributed by atoms with Crippen LogP contribution in [0.3, 0.4) is 0 Å². The molecule has 1 saturated heterocycles. The number of halogens is 1. The van der Waals surface area contributed by atoms with E-state index in [2.05, 4.69) is 30.4 Å². The van der Waals surface area contributed by atoms with Crippen LogP contribution in [0.25, 0.3) is 0 Å². The van der Waals surface area contributed by atoms with Gasteiger partial charge in [-0.05, 0) is 49.8 Å². The molecular formula is C17H25ClN2O. The number of nitrogens with one attached hydrogen (secondary N) is 1. The van der Waals surface area contributed by atoms with Crippen molar-refractivity contribution in [1.29, 1.82) is 0 Å². The molecule has 1 N–H and O–H groups in total. The molecule has 2 aliphatic heterocycles. The number of carbonyl (C=O) groups is 1. The SMILES string of the molecule is CC1Cc2ccccc2N(C(=O)CCC2CCCN2)C1.Cl. The first-order valence-corrected chi connectivity index (χ1v) is 7.85. The third-order valence-corrected chi connectivity index (χ3v) is 4.52. The van der Waals surface area contributed by atoms with Crippen LogP contribution in [-0.2, 0) is 11.2 Å². The fourth-order valence-electron chi connectivity index (χ4n) is 3.47. The van der Waals surface area contributed by atoms with E-state index in [0.29, 0.717) is 18.4 Å². The number of hydrogen-bond donors (Lipinski definition) is 1. The van der Waals surface area contributed by atoms with Gasteiger partial charge in [-0.25, -0.2) is 0 Å². The van der Waals surface area contributed by atoms with Crippen molar-refractivity contribution in [3.63, 3.8) is 0 Å². The van der Waals surface area contributed by atoms with Gasteiger partial charge in [-0.3, -0.25) is 4.79 Å². The molecule has 2 atom stereocenters. The molecule has 2 heterocycles. The van der Waals surface area contributed by atoms with Crippen LogP contribution in [0, 0.1) is 5.92 Å². The molecular weight excluding hydrogens is 284 g/mol. The van der Waals surface area contributed by atoms with Crippen LogP contribution in [0.4, 0.5) is 5.69 Å². The standard InChI is InChI=1S/C17H24N2O.ClH/c1-13-11-14-5-2-3-7-16(14)19(12-13)17(20)9-8-15-6-4-10-18-15;/h2-3,5,7,13,15,18H,4,6,8-12H2,1H3;1H. The van der Waals surface area contributed by atoms with Crippen LogP contribution in [-0.4, -0.2) is 25.0 Å². The summed E-state index contributed by atoms with van der Waals surface area (Å²) in [6, 6.07) is 8.91. The second-order valence-corrected chi connectivity index (χ2v) is 6.27. The number of hydrogen-bond acceptors (Lipinski definition) is 2. The topological polar surface area (TPSA) is 32.3 Å². The summed E-state index contributed by atoms with van der Waals surface area (Å²) in [6.45, 7) is 4.21. The Balaban J connectivity index is 0.00000161. The minimum absolute atomic E-state index is 0. The summed E-state index contributed by atoms with van der Waals surface area (Å²) in [5.74, 6) is 0.844. The van der Waals surface area contributed by atoms with E-state index in [4.69, 9.17) is 0 Å². The van der Waals surface area contributed by atoms with Crippen molar-refractivity contribution in [1.82, 2.24) is 5.32 Å². The van der Waals surface area contributed by atoms with E-state index in [1.54, 1.807) is 0 Å². The Bertz CT molecular complexity index is 485. The Kier molecular flexibility index (Phi) is 5.65. The molecule has 21 heavy (non-hydrogen) atoms. The molecule has 2 aliphatic rings. The van der Waals surface area contributed by atoms with Crippen molar-refractivity contribution >= 4 is 24.0 Å². The lowest BCUT2D eigenvalue weighted by molar-refractivity contribution is -0.119. The summed E-state index contributed by atoms with van der Waals surface area (Å²) in [5, 5.41) is 3.47. The fourth-order valence-corrected chi connectivity index (χ4v) is 3.47. The van der Waals surface area contributed by atoms with Crippen molar-refractivity contribution in [2.75, 3.05) is 18.0 Å². The largest absolute Gasteiger partial charge is 0.314 e. The molecule has 3 rings (SSSR count). The molecule has 1 aromatic carbocycles. The number of benzene rings is 1. The van der Waals surface area contributed by atoms with E-state index in [1.807, 2.05) is 11.0 Å². The second-order valence-electron chi connectivity index (χ2n) is 6.27. The number of nitrogens with zero attached hydrogens (tertiary/aromatic N) is 1. The third kappa shape index (κ3) is 3.78. The summed E-state index contributed by atoms with van der Waals surface area (Å²) in [7, 11) is 0. The predicted molar refractivity (Wildman–Crippen MR) is 89.2 cm³/mol. The molecule has 116 valence electrons. The minimum Gasteiger partial charge on any atom is -0.314 e. The molecule has 2 unspecified atom stereocenters. The van der Waals surface area contributed by atoms with Crippen LogP contribution in [0.5, 0.6) is 0 Å². The average Bonchev–Trinajstić information content (AvgIpc) is 2.97. The predicted octanol–water partition coefficient (Wildman–Crippen LogP) is 3.17. The maximum Gasteiger partial charge on any atom is 0.227 e. The van der Waals surface area contributed by atoms with E-state index in [9.17, 15) is 4.79 Å². The van der Waals surface area contributed by atoms with Gasteiger partial charge in [-0.2, -0.15) is 0 Å². The maximum atomic E-state index is 12.6. The molecule has 3 nitrogen and oxygen atoms in total. The quantitative estimate of drug-likeness (QED) is 0.930. The zero-order valence-electron chi connectivity index (χ0n) is 12.7. The van der Waals surface area contributed by atoms with E-state index in [1.165, 1.54) is 18.4 Å². The number of rotatable bonds is 3. The molecule has 4 heteroatoms. The third-order valence-electron chi connectivity index (χ3n) is 4.52. The van der Waals surface area contributed by atoms with Crippen LogP contribution in [0.2, 0.25) is 0 Å². The van der Waals surface area contributed by atoms with E-state index >= 15 is 0 Å². The van der Waals surface area contributed by atoms with Crippen LogP contribution < -0.4 is 10.2 Å². The molecule has 1 aromatic rings. The molecule has 0 saturated carbocycles. The minimum atomic E-state index is 0. The molecule has 0 bridgehead atoms. The van der Waals surface area contributed by atoms with E-state index in [-0.39, 0.29) is 18.3 Å². The van der Waals surface area contributed by atoms with Crippen molar-refractivity contribution in [2.45, 2.75) is 45.1 Å². The highest BCUT2D eigenvalue weighted by Crippen LogP contribution is 2.30. The zero-order valence-corrected chi connectivity index (χ0v) is 13.5. The lowest BCUT2D eigenvalue weighted by Gasteiger charge is -2.33. The van der Waals surface area contributed by atoms with Gasteiger partial charge in [0.05, 0.1) is 0 Å². The lowest BCUT2D eigenvalue weighted by Crippen LogP contribution is -2.39. The Morgan fingerprint density at radius 2 is 2.19 bits per heavy atom. The number of anilines is 1. The van der Waals surface area contributed by atoms with Crippen molar-refractivity contribution in [3.05, 3.63) is 29.8 Å². The summed E-state index contributed by atoms with van der Waals surface area (Å²) in [5.41, 5.74) is 2.45. The van der Waals surface area contributed by atoms with Crippen molar-refractivity contribution < 1.29 is 4.79 Å². The Morgan fingerprint density at radius 1 is 1.38 bits per heavy atom. The van der Waals surface area contributed by atoms with Crippen LogP contribution in [0.15, 0.2) is 24.3 Å². The zero-order chi connectivity index (χ0) is 13.9. The first kappa shape index (κ1) is 16.3. The smallest absolute Gasteiger partial charge is 0.227 e. The van der Waals surface area contributed by atoms with Gasteiger partial charge < -0.3 is 10.2 Å².